The van der Waals surface area contributed by atoms with Gasteiger partial charge in [-0.2, -0.15) is 0 Å². The number of hydrogen-bond donors (Lipinski definition) is 1. The van der Waals surface area contributed by atoms with Crippen molar-refractivity contribution >= 4 is 5.91 Å². The number of likely N-dealkylation sites (tertiary alicyclic amines) is 1. The minimum atomic E-state index is -0.00119. The summed E-state index contributed by atoms with van der Waals surface area (Å²) < 4.78 is 5.95. The van der Waals surface area contributed by atoms with Gasteiger partial charge in [0.1, 0.15) is 5.75 Å². The molecule has 5 nitrogen and oxygen atoms in total. The highest BCUT2D eigenvalue weighted by Crippen LogP contribution is 2.25. The van der Waals surface area contributed by atoms with E-state index in [9.17, 15) is 4.79 Å². The highest BCUT2D eigenvalue weighted by molar-refractivity contribution is 5.79. The number of ether oxygens (including phenoxy) is 1. The molecule has 28 heavy (non-hydrogen) atoms. The summed E-state index contributed by atoms with van der Waals surface area (Å²) in [5.41, 5.74) is 1.28. The molecular formula is C23H31N3O2. The number of carbonyl (C=O) groups is 1. The Balaban J connectivity index is 1.63. The van der Waals surface area contributed by atoms with E-state index in [0.717, 1.165) is 38.3 Å². The van der Waals surface area contributed by atoms with Crippen LogP contribution in [0.3, 0.4) is 0 Å². The number of aromatic nitrogens is 1. The summed E-state index contributed by atoms with van der Waals surface area (Å²) in [6.07, 6.45) is 4.33. The van der Waals surface area contributed by atoms with Gasteiger partial charge in [0, 0.05) is 38.3 Å². The molecular weight excluding hydrogens is 350 g/mol. The Morgan fingerprint density at radius 3 is 2.75 bits per heavy atom. The molecule has 1 aliphatic rings. The minimum Gasteiger partial charge on any atom is -0.492 e. The summed E-state index contributed by atoms with van der Waals surface area (Å²) in [4.78, 5) is 19.2. The van der Waals surface area contributed by atoms with Crippen LogP contribution in [0, 0.1) is 17.8 Å². The first-order valence-electron chi connectivity index (χ1n) is 10.2. The number of carbonyl (C=O) groups excluding carboxylic acids is 1. The fourth-order valence-corrected chi connectivity index (χ4v) is 3.68. The van der Waals surface area contributed by atoms with Gasteiger partial charge in [0.2, 0.25) is 5.91 Å². The molecule has 0 unspecified atom stereocenters. The number of piperidine rings is 1. The lowest BCUT2D eigenvalue weighted by molar-refractivity contribution is -0.128. The zero-order valence-electron chi connectivity index (χ0n) is 16.9. The van der Waals surface area contributed by atoms with Crippen LogP contribution in [0.15, 0.2) is 54.9 Å². The number of hydrogen-bond acceptors (Lipinski definition) is 4. The summed E-state index contributed by atoms with van der Waals surface area (Å²) in [7, 11) is 0. The highest BCUT2D eigenvalue weighted by Gasteiger charge is 2.32. The molecule has 2 atom stereocenters. The van der Waals surface area contributed by atoms with Gasteiger partial charge in [0.25, 0.3) is 0 Å². The van der Waals surface area contributed by atoms with Crippen molar-refractivity contribution in [1.82, 2.24) is 15.2 Å². The largest absolute Gasteiger partial charge is 0.492 e. The second-order valence-electron chi connectivity index (χ2n) is 8.12. The highest BCUT2D eigenvalue weighted by atomic mass is 16.5. The van der Waals surface area contributed by atoms with Crippen LogP contribution < -0.4 is 10.1 Å². The van der Waals surface area contributed by atoms with Crippen molar-refractivity contribution in [2.45, 2.75) is 26.8 Å². The van der Waals surface area contributed by atoms with Crippen LogP contribution in [0.2, 0.25) is 0 Å². The number of amides is 1. The summed E-state index contributed by atoms with van der Waals surface area (Å²) in [5.74, 6) is 1.71. The third-order valence-electron chi connectivity index (χ3n) is 5.04. The van der Waals surface area contributed by atoms with E-state index in [1.165, 1.54) is 5.56 Å². The van der Waals surface area contributed by atoms with E-state index >= 15 is 0 Å². The Labute approximate surface area is 168 Å². The van der Waals surface area contributed by atoms with Crippen molar-refractivity contribution < 1.29 is 9.53 Å². The lowest BCUT2D eigenvalue weighted by atomic mass is 9.88. The molecule has 2 aromatic rings. The Morgan fingerprint density at radius 1 is 1.21 bits per heavy atom. The molecule has 1 saturated heterocycles. The molecule has 5 heteroatoms. The summed E-state index contributed by atoms with van der Waals surface area (Å²) >= 11 is 0. The standard InChI is InChI=1S/C23H31N3O2/c1-18(2)12-25-23(27)21-11-20(17-28-22-9-6-10-24-13-22)15-26(16-21)14-19-7-4-3-5-8-19/h3-10,13,18,20-21H,11-12,14-17H2,1-2H3,(H,25,27)/t20-,21+/m0/s1. The van der Waals surface area contributed by atoms with E-state index in [1.54, 1.807) is 12.4 Å². The number of pyridine rings is 1. The number of nitrogens with zero attached hydrogens (tertiary/aromatic N) is 2. The average Bonchev–Trinajstić information content (AvgIpc) is 2.72. The van der Waals surface area contributed by atoms with E-state index in [2.05, 4.69) is 53.3 Å². The molecule has 1 fully saturated rings. The van der Waals surface area contributed by atoms with E-state index in [0.29, 0.717) is 18.4 Å². The molecule has 3 rings (SSSR count). The van der Waals surface area contributed by atoms with Crippen LogP contribution in [-0.2, 0) is 11.3 Å². The molecule has 1 aromatic heterocycles. The maximum absolute atomic E-state index is 12.7. The van der Waals surface area contributed by atoms with Crippen molar-refractivity contribution in [3.63, 3.8) is 0 Å². The molecule has 150 valence electrons. The lowest BCUT2D eigenvalue weighted by Gasteiger charge is -2.37. The van der Waals surface area contributed by atoms with Crippen LogP contribution in [0.4, 0.5) is 0 Å². The Hall–Kier alpha value is -2.40. The predicted molar refractivity (Wildman–Crippen MR) is 111 cm³/mol. The van der Waals surface area contributed by atoms with Gasteiger partial charge in [-0.25, -0.2) is 0 Å². The third-order valence-corrected chi connectivity index (χ3v) is 5.04. The third kappa shape index (κ3) is 6.34. The molecule has 0 radical (unpaired) electrons. The van der Waals surface area contributed by atoms with Gasteiger partial charge in [0.05, 0.1) is 18.7 Å². The first kappa shape index (κ1) is 20.3. The van der Waals surface area contributed by atoms with Gasteiger partial charge >= 0.3 is 0 Å². The Morgan fingerprint density at radius 2 is 2.04 bits per heavy atom. The molecule has 1 amide bonds. The fourth-order valence-electron chi connectivity index (χ4n) is 3.68. The monoisotopic (exact) mass is 381 g/mol. The maximum Gasteiger partial charge on any atom is 0.224 e. The first-order chi connectivity index (χ1) is 13.6. The van der Waals surface area contributed by atoms with Crippen molar-refractivity contribution in [3.05, 3.63) is 60.4 Å². The topological polar surface area (TPSA) is 54.5 Å². The number of benzene rings is 1. The van der Waals surface area contributed by atoms with Crippen molar-refractivity contribution in [2.75, 3.05) is 26.2 Å². The fraction of sp³-hybridized carbons (Fsp3) is 0.478. The zero-order valence-corrected chi connectivity index (χ0v) is 16.9. The summed E-state index contributed by atoms with van der Waals surface area (Å²) in [6.45, 7) is 8.15. The molecule has 1 N–H and O–H groups in total. The molecule has 0 saturated carbocycles. The van der Waals surface area contributed by atoms with Crippen LogP contribution >= 0.6 is 0 Å². The molecule has 1 aliphatic heterocycles. The van der Waals surface area contributed by atoms with Crippen molar-refractivity contribution in [3.8, 4) is 5.75 Å². The van der Waals surface area contributed by atoms with Crippen LogP contribution in [-0.4, -0.2) is 42.0 Å². The van der Waals surface area contributed by atoms with Crippen LogP contribution in [0.1, 0.15) is 25.8 Å². The molecule has 2 heterocycles. The zero-order chi connectivity index (χ0) is 19.8. The molecule has 0 bridgehead atoms. The van der Waals surface area contributed by atoms with Gasteiger partial charge in [-0.05, 0) is 30.0 Å². The van der Waals surface area contributed by atoms with E-state index in [1.807, 2.05) is 18.2 Å². The normalized spacial score (nSPS) is 20.1. The molecule has 0 aliphatic carbocycles. The second kappa shape index (κ2) is 10.2. The van der Waals surface area contributed by atoms with Gasteiger partial charge in [-0.15, -0.1) is 0 Å². The Kier molecular flexibility index (Phi) is 7.43. The SMILES string of the molecule is CC(C)CNC(=O)[C@@H]1C[C@H](COc2cccnc2)CN(Cc2ccccc2)C1. The van der Waals surface area contributed by atoms with Gasteiger partial charge in [-0.3, -0.25) is 14.7 Å². The second-order valence-corrected chi connectivity index (χ2v) is 8.12. The van der Waals surface area contributed by atoms with Gasteiger partial charge in [-0.1, -0.05) is 44.2 Å². The minimum absolute atomic E-state index is 0.00119. The first-order valence-corrected chi connectivity index (χ1v) is 10.2. The summed E-state index contributed by atoms with van der Waals surface area (Å²) in [5, 5.41) is 3.11. The quantitative estimate of drug-likeness (QED) is 0.762. The van der Waals surface area contributed by atoms with E-state index < -0.39 is 0 Å². The van der Waals surface area contributed by atoms with E-state index in [4.69, 9.17) is 4.74 Å². The van der Waals surface area contributed by atoms with Gasteiger partial charge < -0.3 is 10.1 Å². The predicted octanol–water partition coefficient (Wildman–Crippen LogP) is 3.37. The van der Waals surface area contributed by atoms with Crippen LogP contribution in [0.5, 0.6) is 5.75 Å². The van der Waals surface area contributed by atoms with E-state index in [-0.39, 0.29) is 11.8 Å². The lowest BCUT2D eigenvalue weighted by Crippen LogP contribution is -2.47. The average molecular weight is 382 g/mol. The molecule has 1 aromatic carbocycles. The number of rotatable bonds is 8. The Bertz CT molecular complexity index is 721. The maximum atomic E-state index is 12.7. The summed E-state index contributed by atoms with van der Waals surface area (Å²) in [6, 6.07) is 14.2. The van der Waals surface area contributed by atoms with Gasteiger partial charge in [0.15, 0.2) is 0 Å². The number of nitrogens with one attached hydrogen (secondary N) is 1. The van der Waals surface area contributed by atoms with Crippen molar-refractivity contribution in [1.29, 1.82) is 0 Å². The van der Waals surface area contributed by atoms with Crippen LogP contribution in [0.25, 0.3) is 0 Å². The smallest absolute Gasteiger partial charge is 0.224 e. The van der Waals surface area contributed by atoms with Crippen molar-refractivity contribution in [2.24, 2.45) is 17.8 Å². The molecule has 0 spiro atoms.